The summed E-state index contributed by atoms with van der Waals surface area (Å²) in [5.74, 6) is 0.915. The molecule has 0 N–H and O–H groups in total. The van der Waals surface area contributed by atoms with Crippen molar-refractivity contribution in [3.8, 4) is 5.75 Å². The van der Waals surface area contributed by atoms with Crippen molar-refractivity contribution in [2.24, 2.45) is 13.0 Å². The fourth-order valence-electron chi connectivity index (χ4n) is 3.26. The summed E-state index contributed by atoms with van der Waals surface area (Å²) in [5, 5.41) is 0. The van der Waals surface area contributed by atoms with Crippen molar-refractivity contribution in [2.75, 3.05) is 26.7 Å². The standard InChI is InChI=1S/C24H33N3O3/c1-6-13-26(23(28)15-20-9-11-22(30-5)12-10-20)18-24(29)27(16-19(2)3)17-21-8-7-14-25(21)4/h6-12,14,19H,1,13,15-18H2,2-5H3. The van der Waals surface area contributed by atoms with Crippen molar-refractivity contribution in [1.82, 2.24) is 14.4 Å². The molecule has 30 heavy (non-hydrogen) atoms. The van der Waals surface area contributed by atoms with Crippen molar-refractivity contribution >= 4 is 11.8 Å². The van der Waals surface area contributed by atoms with Gasteiger partial charge in [-0.2, -0.15) is 0 Å². The molecule has 0 radical (unpaired) electrons. The number of ether oxygens (including phenoxy) is 1. The van der Waals surface area contributed by atoms with Crippen molar-refractivity contribution in [3.05, 3.63) is 66.5 Å². The van der Waals surface area contributed by atoms with Crippen LogP contribution >= 0.6 is 0 Å². The molecule has 0 aliphatic heterocycles. The van der Waals surface area contributed by atoms with Crippen LogP contribution in [0.25, 0.3) is 0 Å². The van der Waals surface area contributed by atoms with Crippen molar-refractivity contribution in [2.45, 2.75) is 26.8 Å². The van der Waals surface area contributed by atoms with E-state index < -0.39 is 0 Å². The Balaban J connectivity index is 2.08. The highest BCUT2D eigenvalue weighted by atomic mass is 16.5. The Labute approximate surface area is 179 Å². The lowest BCUT2D eigenvalue weighted by molar-refractivity contribution is -0.140. The Morgan fingerprint density at radius 2 is 1.83 bits per heavy atom. The lowest BCUT2D eigenvalue weighted by Gasteiger charge is -2.28. The van der Waals surface area contributed by atoms with E-state index in [9.17, 15) is 9.59 Å². The van der Waals surface area contributed by atoms with E-state index in [1.54, 1.807) is 18.1 Å². The van der Waals surface area contributed by atoms with Gasteiger partial charge in [-0.1, -0.05) is 32.1 Å². The molecular weight excluding hydrogens is 378 g/mol. The minimum Gasteiger partial charge on any atom is -0.497 e. The lowest BCUT2D eigenvalue weighted by Crippen LogP contribution is -2.44. The van der Waals surface area contributed by atoms with Crippen LogP contribution in [-0.2, 0) is 29.6 Å². The van der Waals surface area contributed by atoms with E-state index >= 15 is 0 Å². The van der Waals surface area contributed by atoms with Gasteiger partial charge in [0.1, 0.15) is 12.3 Å². The minimum atomic E-state index is -0.100. The molecule has 0 atom stereocenters. The van der Waals surface area contributed by atoms with Gasteiger partial charge in [0.25, 0.3) is 0 Å². The quantitative estimate of drug-likeness (QED) is 0.533. The fourth-order valence-corrected chi connectivity index (χ4v) is 3.26. The second-order valence-corrected chi connectivity index (χ2v) is 7.87. The van der Waals surface area contributed by atoms with E-state index in [2.05, 4.69) is 20.4 Å². The summed E-state index contributed by atoms with van der Waals surface area (Å²) >= 11 is 0. The number of nitrogens with zero attached hydrogens (tertiary/aromatic N) is 3. The number of hydrogen-bond donors (Lipinski definition) is 0. The van der Waals surface area contributed by atoms with Crippen LogP contribution in [0.1, 0.15) is 25.1 Å². The van der Waals surface area contributed by atoms with Gasteiger partial charge in [0.05, 0.1) is 20.1 Å². The average molecular weight is 412 g/mol. The predicted molar refractivity (Wildman–Crippen MR) is 119 cm³/mol. The topological polar surface area (TPSA) is 54.8 Å². The van der Waals surface area contributed by atoms with Gasteiger partial charge in [0.2, 0.25) is 11.8 Å². The molecule has 0 aliphatic carbocycles. The van der Waals surface area contributed by atoms with Gasteiger partial charge >= 0.3 is 0 Å². The summed E-state index contributed by atoms with van der Waals surface area (Å²) in [6, 6.07) is 11.4. The number of amides is 2. The van der Waals surface area contributed by atoms with Gasteiger partial charge < -0.3 is 19.1 Å². The Morgan fingerprint density at radius 3 is 2.37 bits per heavy atom. The first-order valence-corrected chi connectivity index (χ1v) is 10.2. The number of benzene rings is 1. The van der Waals surface area contributed by atoms with Crippen LogP contribution in [0.5, 0.6) is 5.75 Å². The molecule has 2 aromatic rings. The molecule has 1 heterocycles. The maximum Gasteiger partial charge on any atom is 0.242 e. The molecule has 162 valence electrons. The molecule has 0 spiro atoms. The van der Waals surface area contributed by atoms with Crippen LogP contribution < -0.4 is 4.74 Å². The van der Waals surface area contributed by atoms with E-state index in [1.165, 1.54) is 0 Å². The number of aromatic nitrogens is 1. The zero-order chi connectivity index (χ0) is 22.1. The molecule has 0 bridgehead atoms. The normalized spacial score (nSPS) is 10.7. The molecule has 0 unspecified atom stereocenters. The molecule has 2 rings (SSSR count). The van der Waals surface area contributed by atoms with Gasteiger partial charge in [-0.15, -0.1) is 6.58 Å². The van der Waals surface area contributed by atoms with Crippen LogP contribution in [0.15, 0.2) is 55.3 Å². The highest BCUT2D eigenvalue weighted by Gasteiger charge is 2.22. The highest BCUT2D eigenvalue weighted by Crippen LogP contribution is 2.13. The minimum absolute atomic E-state index is 0.0398. The predicted octanol–water partition coefficient (Wildman–Crippen LogP) is 3.28. The third-order valence-corrected chi connectivity index (χ3v) is 4.89. The molecule has 2 amide bonds. The van der Waals surface area contributed by atoms with Crippen molar-refractivity contribution in [3.63, 3.8) is 0 Å². The molecular formula is C24H33N3O3. The van der Waals surface area contributed by atoms with E-state index in [1.807, 2.05) is 59.1 Å². The molecule has 6 nitrogen and oxygen atoms in total. The van der Waals surface area contributed by atoms with Crippen molar-refractivity contribution in [1.29, 1.82) is 0 Å². The van der Waals surface area contributed by atoms with E-state index in [0.717, 1.165) is 17.0 Å². The van der Waals surface area contributed by atoms with Gasteiger partial charge in [-0.25, -0.2) is 0 Å². The zero-order valence-electron chi connectivity index (χ0n) is 18.5. The first-order chi connectivity index (χ1) is 14.3. The lowest BCUT2D eigenvalue weighted by atomic mass is 10.1. The van der Waals surface area contributed by atoms with Crippen molar-refractivity contribution < 1.29 is 14.3 Å². The van der Waals surface area contributed by atoms with Gasteiger partial charge in [0, 0.05) is 32.0 Å². The Hall–Kier alpha value is -3.02. The molecule has 0 aliphatic rings. The first kappa shape index (κ1) is 23.3. The smallest absolute Gasteiger partial charge is 0.242 e. The number of aryl methyl sites for hydroxylation is 1. The second kappa shape index (κ2) is 11.2. The number of carbonyl (C=O) groups excluding carboxylic acids is 2. The number of carbonyl (C=O) groups is 2. The first-order valence-electron chi connectivity index (χ1n) is 10.2. The Morgan fingerprint density at radius 1 is 1.13 bits per heavy atom. The van der Waals surface area contributed by atoms with E-state index in [4.69, 9.17) is 4.74 Å². The monoisotopic (exact) mass is 411 g/mol. The number of hydrogen-bond acceptors (Lipinski definition) is 3. The molecule has 0 saturated carbocycles. The van der Waals surface area contributed by atoms with Crippen LogP contribution in [-0.4, -0.2) is 52.9 Å². The summed E-state index contributed by atoms with van der Waals surface area (Å²) in [5.41, 5.74) is 1.94. The summed E-state index contributed by atoms with van der Waals surface area (Å²) in [6.45, 7) is 9.45. The summed E-state index contributed by atoms with van der Waals surface area (Å²) in [4.78, 5) is 29.4. The largest absolute Gasteiger partial charge is 0.497 e. The van der Waals surface area contributed by atoms with Crippen LogP contribution in [0, 0.1) is 5.92 Å². The highest BCUT2D eigenvalue weighted by molar-refractivity contribution is 5.86. The van der Waals surface area contributed by atoms with Crippen LogP contribution in [0.2, 0.25) is 0 Å². The SMILES string of the molecule is C=CCN(CC(=O)N(Cc1cccn1C)CC(C)C)C(=O)Cc1ccc(OC)cc1. The van der Waals surface area contributed by atoms with Gasteiger partial charge in [-0.3, -0.25) is 9.59 Å². The Bertz CT molecular complexity index is 840. The molecule has 0 fully saturated rings. The summed E-state index contributed by atoms with van der Waals surface area (Å²) in [6.07, 6.45) is 3.85. The summed E-state index contributed by atoms with van der Waals surface area (Å²) in [7, 11) is 3.58. The number of rotatable bonds is 11. The number of methoxy groups -OCH3 is 1. The zero-order valence-corrected chi connectivity index (χ0v) is 18.5. The molecule has 1 aromatic heterocycles. The van der Waals surface area contributed by atoms with E-state index in [0.29, 0.717) is 25.6 Å². The maximum absolute atomic E-state index is 13.1. The third kappa shape index (κ3) is 6.79. The summed E-state index contributed by atoms with van der Waals surface area (Å²) < 4.78 is 7.17. The van der Waals surface area contributed by atoms with Crippen LogP contribution in [0.3, 0.4) is 0 Å². The fraction of sp³-hybridized carbons (Fsp3) is 0.417. The maximum atomic E-state index is 13.1. The molecule has 6 heteroatoms. The second-order valence-electron chi connectivity index (χ2n) is 7.87. The average Bonchev–Trinajstić information content (AvgIpc) is 3.11. The molecule has 0 saturated heterocycles. The van der Waals surface area contributed by atoms with Crippen LogP contribution in [0.4, 0.5) is 0 Å². The molecule has 1 aromatic carbocycles. The van der Waals surface area contributed by atoms with Gasteiger partial charge in [-0.05, 0) is 35.7 Å². The van der Waals surface area contributed by atoms with Gasteiger partial charge in [0.15, 0.2) is 0 Å². The van der Waals surface area contributed by atoms with E-state index in [-0.39, 0.29) is 24.8 Å². The Kier molecular flexibility index (Phi) is 8.71. The third-order valence-electron chi connectivity index (χ3n) is 4.89.